The topological polar surface area (TPSA) is 141 Å². The Labute approximate surface area is 338 Å². The van der Waals surface area contributed by atoms with Gasteiger partial charge in [0.15, 0.2) is 11.4 Å². The Morgan fingerprint density at radius 3 is 2.55 bits per heavy atom. The van der Waals surface area contributed by atoms with Gasteiger partial charge in [0.25, 0.3) is 0 Å². The predicted octanol–water partition coefficient (Wildman–Crippen LogP) is 7.05. The average molecular weight is 814 g/mol. The fraction of sp³-hybridized carbons (Fsp3) is 0.610. The third kappa shape index (κ3) is 11.9. The molecule has 2 aliphatic heterocycles. The number of hydrogen-bond acceptors (Lipinski definition) is 10. The minimum Gasteiger partial charge on any atom is -0.444 e. The van der Waals surface area contributed by atoms with E-state index in [4.69, 9.17) is 26.4 Å². The predicted molar refractivity (Wildman–Crippen MR) is 225 cm³/mol. The van der Waals surface area contributed by atoms with Crippen LogP contribution in [-0.2, 0) is 14.8 Å². The van der Waals surface area contributed by atoms with E-state index in [1.165, 1.54) is 6.07 Å². The highest BCUT2D eigenvalue weighted by molar-refractivity contribution is 7.92. The van der Waals surface area contributed by atoms with Crippen LogP contribution in [0.4, 0.5) is 16.3 Å². The molecule has 5 rings (SSSR count). The Kier molecular flexibility index (Phi) is 14.8. The number of ether oxygens (including phenoxy) is 1. The normalized spacial score (nSPS) is 17.7. The van der Waals surface area contributed by atoms with Crippen molar-refractivity contribution in [2.45, 2.75) is 98.1 Å². The Hall–Kier alpha value is -3.72. The van der Waals surface area contributed by atoms with Crippen LogP contribution in [-0.4, -0.2) is 115 Å². The number of nitrogens with zero attached hydrogens (tertiary/aromatic N) is 6. The van der Waals surface area contributed by atoms with Crippen molar-refractivity contribution < 1.29 is 22.7 Å². The first kappa shape index (κ1) is 43.4. The molecule has 1 aromatic carbocycles. The summed E-state index contributed by atoms with van der Waals surface area (Å²) >= 11 is 6.20. The van der Waals surface area contributed by atoms with Crippen LogP contribution in [0, 0.1) is 12.8 Å². The van der Waals surface area contributed by atoms with Gasteiger partial charge in [-0.05, 0) is 90.1 Å². The maximum atomic E-state index is 14.0. The lowest BCUT2D eigenvalue weighted by Gasteiger charge is -2.33. The molecule has 3 aromatic rings. The number of aromatic nitrogens is 3. The number of carbonyl (C=O) groups excluding carboxylic acids is 2. The van der Waals surface area contributed by atoms with Crippen molar-refractivity contribution in [3.8, 4) is 0 Å². The van der Waals surface area contributed by atoms with E-state index in [1.54, 1.807) is 16.6 Å². The lowest BCUT2D eigenvalue weighted by Crippen LogP contribution is -2.47. The highest BCUT2D eigenvalue weighted by atomic mass is 35.5. The first-order valence-electron chi connectivity index (χ1n) is 20.1. The average Bonchev–Trinajstić information content (AvgIpc) is 3.77. The summed E-state index contributed by atoms with van der Waals surface area (Å²) in [5.74, 6) is 0.147. The zero-order chi connectivity index (χ0) is 40.6. The van der Waals surface area contributed by atoms with Crippen molar-refractivity contribution in [3.63, 3.8) is 0 Å². The lowest BCUT2D eigenvalue weighted by atomic mass is 9.90. The summed E-state index contributed by atoms with van der Waals surface area (Å²) in [4.78, 5) is 39.3. The standard InChI is InChI=1S/C41H61ClN8O5S/c1-8-10-11-13-31(24-30(9-2)38(51)34-15-14-32(42)25-36(34)46-56(7,53)54)35-26-37-44-39(29(3)27-50(37)45-35)48-21-16-33(28-48)49(40(52)55-41(4,5)6)20-12-19-47-22-17-43-18-23-47/h14-15,24-27,30,33,43,46H,8-13,16-23,28H2,1-7H3/b31-24-/t30?,33-/m0/s1. The van der Waals surface area contributed by atoms with Crippen LogP contribution in [0.5, 0.6) is 0 Å². The maximum absolute atomic E-state index is 14.0. The Morgan fingerprint density at radius 1 is 1.12 bits per heavy atom. The second-order valence-electron chi connectivity index (χ2n) is 16.2. The molecule has 2 atom stereocenters. The molecule has 2 saturated heterocycles. The number of nitrogens with one attached hydrogen (secondary N) is 2. The number of aryl methyl sites for hydroxylation is 1. The molecule has 56 heavy (non-hydrogen) atoms. The molecule has 15 heteroatoms. The van der Waals surface area contributed by atoms with Crippen LogP contribution in [0.15, 0.2) is 36.5 Å². The lowest BCUT2D eigenvalue weighted by molar-refractivity contribution is 0.0169. The van der Waals surface area contributed by atoms with Gasteiger partial charge in [0, 0.05) is 80.1 Å². The van der Waals surface area contributed by atoms with Crippen molar-refractivity contribution in [2.24, 2.45) is 5.92 Å². The SMILES string of the molecule is CCCCC/C(=C/C(CC)C(=O)c1ccc(Cl)cc1NS(C)(=O)=O)c1cc2nc(N3CC[C@H](N(CCCN4CCNCC4)C(=O)OC(C)(C)C)C3)c(C)cn2n1. The van der Waals surface area contributed by atoms with Gasteiger partial charge in [-0.2, -0.15) is 5.10 Å². The van der Waals surface area contributed by atoms with Gasteiger partial charge in [-0.15, -0.1) is 0 Å². The number of amides is 1. The second kappa shape index (κ2) is 19.1. The number of ketones is 1. The van der Waals surface area contributed by atoms with Gasteiger partial charge >= 0.3 is 6.09 Å². The Balaban J connectivity index is 1.39. The zero-order valence-electron chi connectivity index (χ0n) is 34.2. The number of benzene rings is 1. The molecular formula is C41H61ClN8O5S. The van der Waals surface area contributed by atoms with Gasteiger partial charge < -0.3 is 24.8 Å². The van der Waals surface area contributed by atoms with E-state index in [2.05, 4.69) is 26.8 Å². The summed E-state index contributed by atoms with van der Waals surface area (Å²) < 4.78 is 34.4. The van der Waals surface area contributed by atoms with Crippen LogP contribution in [0.2, 0.25) is 5.02 Å². The molecular weight excluding hydrogens is 752 g/mol. The monoisotopic (exact) mass is 812 g/mol. The molecule has 308 valence electrons. The number of allylic oxidation sites excluding steroid dienone is 2. The van der Waals surface area contributed by atoms with E-state index in [0.29, 0.717) is 30.2 Å². The summed E-state index contributed by atoms with van der Waals surface area (Å²) in [5, 5.41) is 8.69. The number of fused-ring (bicyclic) bond motifs is 1. The summed E-state index contributed by atoms with van der Waals surface area (Å²) in [6.45, 7) is 18.9. The maximum Gasteiger partial charge on any atom is 0.410 e. The summed E-state index contributed by atoms with van der Waals surface area (Å²) in [7, 11) is -3.64. The molecule has 2 N–H and O–H groups in total. The van der Waals surface area contributed by atoms with Gasteiger partial charge in [0.1, 0.15) is 11.4 Å². The van der Waals surface area contributed by atoms with Crippen LogP contribution in [0.25, 0.3) is 11.2 Å². The summed E-state index contributed by atoms with van der Waals surface area (Å²) in [6.07, 6.45) is 10.7. The molecule has 2 fully saturated rings. The first-order chi connectivity index (χ1) is 26.5. The van der Waals surface area contributed by atoms with Gasteiger partial charge in [0.05, 0.1) is 23.7 Å². The first-order valence-corrected chi connectivity index (χ1v) is 22.4. The number of hydrogen-bond donors (Lipinski definition) is 2. The van der Waals surface area contributed by atoms with E-state index in [9.17, 15) is 18.0 Å². The molecule has 0 saturated carbocycles. The molecule has 0 aliphatic carbocycles. The number of piperazine rings is 1. The smallest absolute Gasteiger partial charge is 0.410 e. The Morgan fingerprint density at radius 2 is 1.88 bits per heavy atom. The van der Waals surface area contributed by atoms with Gasteiger partial charge in [-0.1, -0.05) is 44.4 Å². The van der Waals surface area contributed by atoms with E-state index < -0.39 is 21.5 Å². The highest BCUT2D eigenvalue weighted by Gasteiger charge is 2.34. The molecule has 0 spiro atoms. The molecule has 1 unspecified atom stereocenters. The fourth-order valence-corrected chi connectivity index (χ4v) is 8.25. The van der Waals surface area contributed by atoms with Crippen molar-refractivity contribution >= 4 is 56.2 Å². The minimum absolute atomic E-state index is 0.00354. The number of sulfonamides is 1. The molecule has 13 nitrogen and oxygen atoms in total. The second-order valence-corrected chi connectivity index (χ2v) is 18.4. The van der Waals surface area contributed by atoms with Crippen molar-refractivity contribution in [3.05, 3.63) is 58.4 Å². The molecule has 2 aliphatic rings. The number of rotatable bonds is 17. The Bertz CT molecular complexity index is 1970. The van der Waals surface area contributed by atoms with E-state index in [1.807, 2.05) is 57.9 Å². The molecule has 4 heterocycles. The molecule has 0 bridgehead atoms. The minimum atomic E-state index is -3.64. The van der Waals surface area contributed by atoms with Crippen molar-refractivity contribution in [1.29, 1.82) is 0 Å². The fourth-order valence-electron chi connectivity index (χ4n) is 7.51. The van der Waals surface area contributed by atoms with Crippen LogP contribution >= 0.6 is 11.6 Å². The van der Waals surface area contributed by atoms with Gasteiger partial charge in [0.2, 0.25) is 10.0 Å². The number of carbonyl (C=O) groups is 2. The molecule has 1 amide bonds. The van der Waals surface area contributed by atoms with Gasteiger partial charge in [-0.3, -0.25) is 9.52 Å². The molecule has 0 radical (unpaired) electrons. The van der Waals surface area contributed by atoms with E-state index in [0.717, 1.165) is 107 Å². The van der Waals surface area contributed by atoms with Crippen LogP contribution in [0.3, 0.4) is 0 Å². The van der Waals surface area contributed by atoms with E-state index >= 15 is 0 Å². The number of anilines is 2. The number of Topliss-reactive ketones (excluding diaryl/α,β-unsaturated/α-hetero) is 1. The highest BCUT2D eigenvalue weighted by Crippen LogP contribution is 2.31. The van der Waals surface area contributed by atoms with Crippen molar-refractivity contribution in [1.82, 2.24) is 29.7 Å². The third-order valence-corrected chi connectivity index (χ3v) is 11.1. The number of halogens is 1. The largest absolute Gasteiger partial charge is 0.444 e. The quantitative estimate of drug-likeness (QED) is 0.108. The van der Waals surface area contributed by atoms with Gasteiger partial charge in [-0.25, -0.2) is 22.7 Å². The van der Waals surface area contributed by atoms with Crippen molar-refractivity contribution in [2.75, 3.05) is 68.2 Å². The third-order valence-electron chi connectivity index (χ3n) is 10.3. The number of unbranched alkanes of at least 4 members (excludes halogenated alkanes) is 2. The zero-order valence-corrected chi connectivity index (χ0v) is 35.8. The van der Waals surface area contributed by atoms with Crippen LogP contribution < -0.4 is 14.9 Å². The van der Waals surface area contributed by atoms with Crippen LogP contribution in [0.1, 0.15) is 101 Å². The molecule has 2 aromatic heterocycles. The summed E-state index contributed by atoms with van der Waals surface area (Å²) in [6, 6.07) is 6.62. The summed E-state index contributed by atoms with van der Waals surface area (Å²) in [5.41, 5.74) is 3.22. The van der Waals surface area contributed by atoms with E-state index in [-0.39, 0.29) is 29.2 Å².